The van der Waals surface area contributed by atoms with Crippen LogP contribution >= 0.6 is 0 Å². The van der Waals surface area contributed by atoms with Crippen molar-refractivity contribution in [1.29, 1.82) is 0 Å². The van der Waals surface area contributed by atoms with E-state index in [1.54, 1.807) is 0 Å². The first-order valence-corrected chi connectivity index (χ1v) is 5.37. The second-order valence-corrected chi connectivity index (χ2v) is 4.60. The highest BCUT2D eigenvalue weighted by Crippen LogP contribution is 2.53. The first kappa shape index (κ1) is 9.93. The Morgan fingerprint density at radius 3 is 1.80 bits per heavy atom. The fourth-order valence-corrected chi connectivity index (χ4v) is 2.72. The molecule has 3 nitrogen and oxygen atoms in total. The molecule has 0 bridgehead atoms. The third-order valence-electron chi connectivity index (χ3n) is 3.83. The summed E-state index contributed by atoms with van der Waals surface area (Å²) in [5.41, 5.74) is -1.21. The van der Waals surface area contributed by atoms with E-state index in [1.165, 1.54) is 0 Å². The number of hydrogen-bond donors (Lipinski definition) is 0. The van der Waals surface area contributed by atoms with Crippen LogP contribution in [-0.4, -0.2) is 37.1 Å². The fraction of sp³-hybridized carbons (Fsp3) is 1.00. The van der Waals surface area contributed by atoms with E-state index in [2.05, 4.69) is 0 Å². The number of rotatable bonds is 0. The molecule has 1 aliphatic carbocycles. The van der Waals surface area contributed by atoms with Gasteiger partial charge in [0.1, 0.15) is 12.2 Å². The number of ether oxygens (including phenoxy) is 3. The highest BCUT2D eigenvalue weighted by Gasteiger charge is 2.66. The minimum absolute atomic E-state index is 0.333. The minimum atomic E-state index is -2.66. The molecule has 2 heterocycles. The molecular weight excluding hydrogens is 206 g/mol. The Balaban J connectivity index is 1.70. The maximum Gasteiger partial charge on any atom is 0.299 e. The molecule has 0 amide bonds. The van der Waals surface area contributed by atoms with Crippen molar-refractivity contribution in [2.45, 2.75) is 43.0 Å². The van der Waals surface area contributed by atoms with Crippen molar-refractivity contribution in [2.75, 3.05) is 19.8 Å². The van der Waals surface area contributed by atoms with Crippen LogP contribution in [0.15, 0.2) is 0 Å². The van der Waals surface area contributed by atoms with Gasteiger partial charge < -0.3 is 14.2 Å². The van der Waals surface area contributed by atoms with E-state index in [9.17, 15) is 8.78 Å². The van der Waals surface area contributed by atoms with Crippen LogP contribution in [0.2, 0.25) is 0 Å². The van der Waals surface area contributed by atoms with Crippen LogP contribution in [0.1, 0.15) is 25.7 Å². The van der Waals surface area contributed by atoms with Gasteiger partial charge in [0.25, 0.3) is 5.92 Å². The largest absolute Gasteiger partial charge is 0.362 e. The zero-order valence-corrected chi connectivity index (χ0v) is 8.43. The van der Waals surface area contributed by atoms with Crippen molar-refractivity contribution in [3.05, 3.63) is 0 Å². The molecule has 0 aromatic rings. The molecular formula is C10H14F2O3. The third-order valence-corrected chi connectivity index (χ3v) is 3.83. The fourth-order valence-electron chi connectivity index (χ4n) is 2.72. The zero-order chi connectivity index (χ0) is 10.6. The lowest BCUT2D eigenvalue weighted by Crippen LogP contribution is -2.66. The first-order chi connectivity index (χ1) is 7.08. The van der Waals surface area contributed by atoms with Gasteiger partial charge in [-0.2, -0.15) is 0 Å². The van der Waals surface area contributed by atoms with Crippen molar-refractivity contribution in [1.82, 2.24) is 0 Å². The molecule has 0 aromatic heterocycles. The lowest BCUT2D eigenvalue weighted by Gasteiger charge is -2.53. The molecule has 2 aliphatic heterocycles. The molecule has 0 radical (unpaired) electrons. The zero-order valence-electron chi connectivity index (χ0n) is 8.43. The van der Waals surface area contributed by atoms with Crippen LogP contribution < -0.4 is 0 Å². The van der Waals surface area contributed by atoms with Crippen LogP contribution in [0.3, 0.4) is 0 Å². The molecule has 3 fully saturated rings. The summed E-state index contributed by atoms with van der Waals surface area (Å²) in [6.07, 6.45) is 1.70. The van der Waals surface area contributed by atoms with Crippen LogP contribution in [0.25, 0.3) is 0 Å². The van der Waals surface area contributed by atoms with Crippen molar-refractivity contribution in [3.63, 3.8) is 0 Å². The van der Waals surface area contributed by atoms with Gasteiger partial charge in [-0.1, -0.05) is 0 Å². The SMILES string of the molecule is FC1(F)COC12CCC1(CC2)OCCO1. The van der Waals surface area contributed by atoms with E-state index in [0.29, 0.717) is 38.9 Å². The predicted molar refractivity (Wildman–Crippen MR) is 46.7 cm³/mol. The number of halogens is 2. The lowest BCUT2D eigenvalue weighted by molar-refractivity contribution is -0.354. The highest BCUT2D eigenvalue weighted by atomic mass is 19.3. The second-order valence-electron chi connectivity index (χ2n) is 4.60. The molecule has 2 saturated heterocycles. The number of hydrogen-bond acceptors (Lipinski definition) is 3. The Morgan fingerprint density at radius 1 is 0.800 bits per heavy atom. The van der Waals surface area contributed by atoms with Crippen molar-refractivity contribution in [3.8, 4) is 0 Å². The summed E-state index contributed by atoms with van der Waals surface area (Å²) in [7, 11) is 0. The van der Waals surface area contributed by atoms with Gasteiger partial charge in [-0.15, -0.1) is 0 Å². The van der Waals surface area contributed by atoms with E-state index in [1.807, 2.05) is 0 Å². The van der Waals surface area contributed by atoms with E-state index >= 15 is 0 Å². The summed E-state index contributed by atoms with van der Waals surface area (Å²) >= 11 is 0. The molecule has 0 atom stereocenters. The number of alkyl halides is 2. The second kappa shape index (κ2) is 2.90. The molecule has 0 N–H and O–H groups in total. The third kappa shape index (κ3) is 1.26. The molecule has 0 aromatic carbocycles. The highest BCUT2D eigenvalue weighted by molar-refractivity contribution is 5.06. The summed E-state index contributed by atoms with van der Waals surface area (Å²) in [6, 6.07) is 0. The maximum atomic E-state index is 13.3. The van der Waals surface area contributed by atoms with Crippen LogP contribution in [-0.2, 0) is 14.2 Å². The Bertz CT molecular complexity index is 264. The molecule has 1 saturated carbocycles. The monoisotopic (exact) mass is 220 g/mol. The first-order valence-electron chi connectivity index (χ1n) is 5.37. The van der Waals surface area contributed by atoms with Crippen molar-refractivity contribution in [2.24, 2.45) is 0 Å². The Hall–Kier alpha value is -0.260. The summed E-state index contributed by atoms with van der Waals surface area (Å²) in [4.78, 5) is 0. The van der Waals surface area contributed by atoms with Crippen LogP contribution in [0.4, 0.5) is 8.78 Å². The summed E-state index contributed by atoms with van der Waals surface area (Å²) in [6.45, 7) is 0.718. The molecule has 3 rings (SSSR count). The van der Waals surface area contributed by atoms with Gasteiger partial charge in [0.2, 0.25) is 0 Å². The molecule has 15 heavy (non-hydrogen) atoms. The van der Waals surface area contributed by atoms with E-state index < -0.39 is 23.9 Å². The average Bonchev–Trinajstić information content (AvgIpc) is 2.66. The van der Waals surface area contributed by atoms with Gasteiger partial charge in [-0.3, -0.25) is 0 Å². The van der Waals surface area contributed by atoms with Gasteiger partial charge in [0.05, 0.1) is 13.2 Å². The maximum absolute atomic E-state index is 13.3. The van der Waals surface area contributed by atoms with E-state index in [4.69, 9.17) is 14.2 Å². The average molecular weight is 220 g/mol. The molecule has 86 valence electrons. The summed E-state index contributed by atoms with van der Waals surface area (Å²) in [5.74, 6) is -3.24. The quantitative estimate of drug-likeness (QED) is 0.622. The molecule has 0 unspecified atom stereocenters. The van der Waals surface area contributed by atoms with E-state index in [-0.39, 0.29) is 0 Å². The van der Waals surface area contributed by atoms with Crippen LogP contribution in [0.5, 0.6) is 0 Å². The van der Waals surface area contributed by atoms with Gasteiger partial charge in [0.15, 0.2) is 5.79 Å². The lowest BCUT2D eigenvalue weighted by atomic mass is 9.74. The summed E-state index contributed by atoms with van der Waals surface area (Å²) in [5, 5.41) is 0. The van der Waals surface area contributed by atoms with E-state index in [0.717, 1.165) is 0 Å². The predicted octanol–water partition coefficient (Wildman–Crippen LogP) is 1.71. The standard InChI is InChI=1S/C10H14F2O3/c11-10(12)7-15-8(10)1-3-9(4-2-8)13-5-6-14-9/h1-7H2. The van der Waals surface area contributed by atoms with Crippen molar-refractivity contribution < 1.29 is 23.0 Å². The molecule has 3 aliphatic rings. The Labute approximate surface area is 86.7 Å². The summed E-state index contributed by atoms with van der Waals surface area (Å²) < 4.78 is 42.8. The topological polar surface area (TPSA) is 27.7 Å². The Morgan fingerprint density at radius 2 is 1.40 bits per heavy atom. The van der Waals surface area contributed by atoms with Gasteiger partial charge in [-0.25, -0.2) is 8.78 Å². The van der Waals surface area contributed by atoms with Crippen LogP contribution in [0, 0.1) is 0 Å². The van der Waals surface area contributed by atoms with Gasteiger partial charge in [-0.05, 0) is 12.8 Å². The Kier molecular flexibility index (Phi) is 1.92. The van der Waals surface area contributed by atoms with Crippen molar-refractivity contribution >= 4 is 0 Å². The smallest absolute Gasteiger partial charge is 0.299 e. The van der Waals surface area contributed by atoms with Gasteiger partial charge in [0, 0.05) is 12.8 Å². The molecule has 5 heteroatoms. The molecule has 2 spiro atoms. The normalized spacial score (nSPS) is 35.6. The minimum Gasteiger partial charge on any atom is -0.362 e. The van der Waals surface area contributed by atoms with Gasteiger partial charge >= 0.3 is 0 Å².